The van der Waals surface area contributed by atoms with E-state index in [0.717, 1.165) is 12.2 Å². The molecule has 0 saturated carbocycles. The van der Waals surface area contributed by atoms with E-state index in [9.17, 15) is 14.2 Å². The molecule has 0 aromatic carbocycles. The van der Waals surface area contributed by atoms with Crippen molar-refractivity contribution in [3.05, 3.63) is 12.2 Å². The first-order valence-electron chi connectivity index (χ1n) is 6.59. The molecule has 0 saturated heterocycles. The molecule has 0 aliphatic heterocycles. The molecule has 7 nitrogen and oxygen atoms in total. The SMILES string of the molecule is CC[P+](=O)C(COC(=O)/C=C/C(=O)OCCO)[N+](C)(C)C. The number of aliphatic hydroxyl groups is 1. The molecule has 120 valence electrons. The predicted octanol–water partition coefficient (Wildman–Crippen LogP) is 0.501. The Hall–Kier alpha value is -1.30. The van der Waals surface area contributed by atoms with E-state index < -0.39 is 19.7 Å². The van der Waals surface area contributed by atoms with E-state index in [1.165, 1.54) is 0 Å². The fourth-order valence-corrected chi connectivity index (χ4v) is 2.87. The topological polar surface area (TPSA) is 89.9 Å². The van der Waals surface area contributed by atoms with Crippen molar-refractivity contribution in [3.63, 3.8) is 0 Å². The van der Waals surface area contributed by atoms with Crippen LogP contribution in [0.1, 0.15) is 6.92 Å². The number of nitrogens with zero attached hydrogens (tertiary/aromatic N) is 1. The first kappa shape index (κ1) is 19.7. The fourth-order valence-electron chi connectivity index (χ4n) is 1.44. The number of hydrogen-bond acceptors (Lipinski definition) is 6. The molecule has 2 atom stereocenters. The minimum Gasteiger partial charge on any atom is -0.460 e. The molecule has 0 amide bonds. The molecule has 0 aromatic rings. The summed E-state index contributed by atoms with van der Waals surface area (Å²) in [5.41, 5.74) is 0. The summed E-state index contributed by atoms with van der Waals surface area (Å²) in [5.74, 6) is -1.73. The Kier molecular flexibility index (Phi) is 9.01. The van der Waals surface area contributed by atoms with Crippen LogP contribution >= 0.6 is 7.80 Å². The Balaban J connectivity index is 4.41. The van der Waals surface area contributed by atoms with Crippen LogP contribution in [0.15, 0.2) is 12.2 Å². The standard InChI is InChI=1S/C13H24NO6P/c1-5-21(18)11(14(2,3)4)10-20-13(17)7-6-12(16)19-9-8-15/h6-7,11,15H,5,8-10H2,1-4H3/q+2/b7-6+. The highest BCUT2D eigenvalue weighted by Gasteiger charge is 2.41. The number of rotatable bonds is 9. The summed E-state index contributed by atoms with van der Waals surface area (Å²) in [6, 6.07) is 0. The number of carbonyl (C=O) groups is 2. The monoisotopic (exact) mass is 321 g/mol. The van der Waals surface area contributed by atoms with Gasteiger partial charge in [0.2, 0.25) is 0 Å². The zero-order valence-corrected chi connectivity index (χ0v) is 13.8. The first-order valence-corrected chi connectivity index (χ1v) is 8.11. The highest BCUT2D eigenvalue weighted by molar-refractivity contribution is 7.45. The lowest BCUT2D eigenvalue weighted by Crippen LogP contribution is -2.46. The third-order valence-electron chi connectivity index (χ3n) is 2.60. The number of esters is 2. The molecule has 0 spiro atoms. The van der Waals surface area contributed by atoms with E-state index >= 15 is 0 Å². The van der Waals surface area contributed by atoms with Crippen LogP contribution in [-0.2, 0) is 23.6 Å². The lowest BCUT2D eigenvalue weighted by molar-refractivity contribution is -0.882. The molecule has 0 aliphatic rings. The molecular weight excluding hydrogens is 297 g/mol. The minimum absolute atomic E-state index is 0.0153. The van der Waals surface area contributed by atoms with Gasteiger partial charge in [-0.25, -0.2) is 9.59 Å². The second-order valence-electron chi connectivity index (χ2n) is 5.18. The van der Waals surface area contributed by atoms with Gasteiger partial charge in [0.25, 0.3) is 0 Å². The molecule has 0 radical (unpaired) electrons. The summed E-state index contributed by atoms with van der Waals surface area (Å²) in [7, 11) is 4.15. The van der Waals surface area contributed by atoms with Gasteiger partial charge in [-0.2, -0.15) is 0 Å². The molecule has 21 heavy (non-hydrogen) atoms. The molecule has 0 rings (SSSR count). The van der Waals surface area contributed by atoms with Crippen LogP contribution in [0.5, 0.6) is 0 Å². The second-order valence-corrected chi connectivity index (χ2v) is 7.25. The maximum Gasteiger partial charge on any atom is 0.404 e. The first-order chi connectivity index (χ1) is 9.72. The number of aliphatic hydroxyl groups excluding tert-OH is 1. The van der Waals surface area contributed by atoms with E-state index in [2.05, 4.69) is 4.74 Å². The van der Waals surface area contributed by atoms with Crippen molar-refractivity contribution < 1.29 is 33.2 Å². The van der Waals surface area contributed by atoms with Crippen molar-refractivity contribution >= 4 is 19.7 Å². The van der Waals surface area contributed by atoms with Crippen LogP contribution in [-0.4, -0.2) is 74.4 Å². The van der Waals surface area contributed by atoms with E-state index in [4.69, 9.17) is 9.84 Å². The largest absolute Gasteiger partial charge is 0.460 e. The normalized spacial score (nSPS) is 13.9. The van der Waals surface area contributed by atoms with Crippen molar-refractivity contribution in [2.45, 2.75) is 12.7 Å². The van der Waals surface area contributed by atoms with Crippen LogP contribution < -0.4 is 0 Å². The molecule has 8 heteroatoms. The van der Waals surface area contributed by atoms with E-state index in [1.807, 2.05) is 28.1 Å². The molecule has 0 bridgehead atoms. The van der Waals surface area contributed by atoms with Gasteiger partial charge in [-0.1, -0.05) is 4.57 Å². The van der Waals surface area contributed by atoms with Gasteiger partial charge in [0.1, 0.15) is 12.8 Å². The van der Waals surface area contributed by atoms with Crippen molar-refractivity contribution in [3.8, 4) is 0 Å². The van der Waals surface area contributed by atoms with Crippen LogP contribution in [0.4, 0.5) is 0 Å². The molecule has 1 N–H and O–H groups in total. The van der Waals surface area contributed by atoms with Gasteiger partial charge in [0, 0.05) is 12.2 Å². The van der Waals surface area contributed by atoms with Gasteiger partial charge in [-0.3, -0.25) is 4.48 Å². The summed E-state index contributed by atoms with van der Waals surface area (Å²) in [6.07, 6.45) is 2.39. The summed E-state index contributed by atoms with van der Waals surface area (Å²) >= 11 is 0. The highest BCUT2D eigenvalue weighted by atomic mass is 31.1. The Morgan fingerprint density at radius 3 is 2.14 bits per heavy atom. The smallest absolute Gasteiger partial charge is 0.404 e. The van der Waals surface area contributed by atoms with Gasteiger partial charge >= 0.3 is 25.5 Å². The maximum absolute atomic E-state index is 12.0. The molecule has 0 aliphatic carbocycles. The van der Waals surface area contributed by atoms with Gasteiger partial charge in [-0.15, -0.1) is 0 Å². The van der Waals surface area contributed by atoms with E-state index in [-0.39, 0.29) is 25.6 Å². The average Bonchev–Trinajstić information content (AvgIpc) is 2.41. The molecular formula is C13H24NO6P+2. The number of quaternary nitrogens is 1. The van der Waals surface area contributed by atoms with Crippen LogP contribution in [0.3, 0.4) is 0 Å². The zero-order chi connectivity index (χ0) is 16.5. The van der Waals surface area contributed by atoms with Crippen LogP contribution in [0.2, 0.25) is 0 Å². The van der Waals surface area contributed by atoms with E-state index in [1.54, 1.807) is 0 Å². The van der Waals surface area contributed by atoms with Crippen molar-refractivity contribution in [2.75, 3.05) is 47.1 Å². The lowest BCUT2D eigenvalue weighted by atomic mass is 10.5. The molecule has 0 aromatic heterocycles. The average molecular weight is 321 g/mol. The van der Waals surface area contributed by atoms with Gasteiger partial charge in [-0.05, 0) is 6.92 Å². The maximum atomic E-state index is 12.0. The summed E-state index contributed by atoms with van der Waals surface area (Å²) in [6.45, 7) is 1.43. The number of carbonyl (C=O) groups excluding carboxylic acids is 2. The Labute approximate surface area is 125 Å². The summed E-state index contributed by atoms with van der Waals surface area (Å²) in [4.78, 5) is 22.6. The van der Waals surface area contributed by atoms with Gasteiger partial charge < -0.3 is 14.6 Å². The number of likely N-dealkylation sites (N-methyl/N-ethyl adjacent to an activating group) is 1. The number of ether oxygens (including phenoxy) is 2. The number of hydrogen-bond donors (Lipinski definition) is 1. The molecule has 0 heterocycles. The third-order valence-corrected chi connectivity index (χ3v) is 4.73. The van der Waals surface area contributed by atoms with Crippen molar-refractivity contribution in [1.82, 2.24) is 0 Å². The Morgan fingerprint density at radius 1 is 1.19 bits per heavy atom. The summed E-state index contributed by atoms with van der Waals surface area (Å²) < 4.78 is 22.0. The van der Waals surface area contributed by atoms with Crippen LogP contribution in [0, 0.1) is 0 Å². The quantitative estimate of drug-likeness (QED) is 0.288. The Bertz CT molecular complexity index is 402. The minimum atomic E-state index is -1.49. The van der Waals surface area contributed by atoms with Crippen LogP contribution in [0.25, 0.3) is 0 Å². The van der Waals surface area contributed by atoms with Gasteiger partial charge in [0.05, 0.1) is 27.7 Å². The second kappa shape index (κ2) is 9.60. The summed E-state index contributed by atoms with van der Waals surface area (Å²) in [5, 5.41) is 8.47. The van der Waals surface area contributed by atoms with Gasteiger partial charge in [0.15, 0.2) is 6.61 Å². The lowest BCUT2D eigenvalue weighted by Gasteiger charge is -2.26. The van der Waals surface area contributed by atoms with Crippen molar-refractivity contribution in [2.24, 2.45) is 0 Å². The fraction of sp³-hybridized carbons (Fsp3) is 0.692. The van der Waals surface area contributed by atoms with E-state index in [0.29, 0.717) is 10.6 Å². The molecule has 2 unspecified atom stereocenters. The Morgan fingerprint density at radius 2 is 1.71 bits per heavy atom. The van der Waals surface area contributed by atoms with Crippen molar-refractivity contribution in [1.29, 1.82) is 0 Å². The third kappa shape index (κ3) is 8.55. The highest BCUT2D eigenvalue weighted by Crippen LogP contribution is 2.32. The predicted molar refractivity (Wildman–Crippen MR) is 78.1 cm³/mol. The zero-order valence-electron chi connectivity index (χ0n) is 12.9. The molecule has 0 fully saturated rings.